The topological polar surface area (TPSA) is 51.6 Å². The summed E-state index contributed by atoms with van der Waals surface area (Å²) in [7, 11) is 0. The summed E-state index contributed by atoms with van der Waals surface area (Å²) in [6, 6.07) is 43.8. The molecule has 0 aliphatic carbocycles. The number of aromatic nitrogens is 4. The van der Waals surface area contributed by atoms with E-state index < -0.39 is 0 Å². The maximum absolute atomic E-state index is 5.05. The number of nitrogens with zero attached hydrogens (tertiary/aromatic N) is 4. The van der Waals surface area contributed by atoms with Crippen molar-refractivity contribution in [1.29, 1.82) is 0 Å². The van der Waals surface area contributed by atoms with Crippen LogP contribution in [0.15, 0.2) is 134 Å². The summed E-state index contributed by atoms with van der Waals surface area (Å²) in [6.07, 6.45) is 1.87. The normalized spacial score (nSPS) is 11.4. The summed E-state index contributed by atoms with van der Waals surface area (Å²) < 4.78 is 2.47. The van der Waals surface area contributed by atoms with Gasteiger partial charge in [-0.3, -0.25) is 4.98 Å². The van der Waals surface area contributed by atoms with Crippen LogP contribution in [0.1, 0.15) is 0 Å². The Labute approximate surface area is 240 Å². The highest BCUT2D eigenvalue weighted by atomic mass is 32.1. The first-order valence-corrected chi connectivity index (χ1v) is 14.3. The van der Waals surface area contributed by atoms with Crippen molar-refractivity contribution in [2.45, 2.75) is 0 Å². The van der Waals surface area contributed by atoms with Crippen LogP contribution in [0.5, 0.6) is 0 Å². The van der Waals surface area contributed by atoms with E-state index in [4.69, 9.17) is 19.9 Å². The van der Waals surface area contributed by atoms with Gasteiger partial charge in [-0.15, -0.1) is 11.3 Å². The molecule has 5 aromatic carbocycles. The average molecular weight is 543 g/mol. The fourth-order valence-corrected chi connectivity index (χ4v) is 6.49. The van der Waals surface area contributed by atoms with Gasteiger partial charge in [-0.1, -0.05) is 103 Å². The molecule has 0 saturated heterocycles. The molecule has 0 saturated carbocycles. The molecule has 8 aromatic rings. The summed E-state index contributed by atoms with van der Waals surface area (Å²) in [6.45, 7) is 0. The largest absolute Gasteiger partial charge is 0.255 e. The Hall–Kier alpha value is -5.26. The standard InChI is InChI=1S/C36H22N4S/c1-3-10-23(11-4-1)25-18-19-26-20-27(22-37-30(26)21-25)35-38-34(24-12-5-2-6-13-24)39-36(40-35)29-15-9-17-32-33(29)28-14-7-8-16-31(28)41-32/h1-22H. The van der Waals surface area contributed by atoms with E-state index in [1.165, 1.54) is 25.7 Å². The number of pyridine rings is 1. The van der Waals surface area contributed by atoms with E-state index in [-0.39, 0.29) is 0 Å². The van der Waals surface area contributed by atoms with E-state index in [9.17, 15) is 0 Å². The van der Waals surface area contributed by atoms with Gasteiger partial charge in [-0.05, 0) is 35.4 Å². The monoisotopic (exact) mass is 542 g/mol. The van der Waals surface area contributed by atoms with Crippen molar-refractivity contribution < 1.29 is 0 Å². The Morgan fingerprint density at radius 3 is 1.98 bits per heavy atom. The molecule has 0 bridgehead atoms. The molecule has 0 aliphatic rings. The molecule has 3 aromatic heterocycles. The van der Waals surface area contributed by atoms with Gasteiger partial charge in [-0.25, -0.2) is 15.0 Å². The predicted octanol–water partition coefficient (Wildman–Crippen LogP) is 9.46. The lowest BCUT2D eigenvalue weighted by molar-refractivity contribution is 1.07. The molecule has 0 atom stereocenters. The molecule has 8 rings (SSSR count). The van der Waals surface area contributed by atoms with E-state index >= 15 is 0 Å². The van der Waals surface area contributed by atoms with Gasteiger partial charge in [0, 0.05) is 48.4 Å². The second kappa shape index (κ2) is 9.73. The van der Waals surface area contributed by atoms with Crippen molar-refractivity contribution in [3.8, 4) is 45.3 Å². The first-order chi connectivity index (χ1) is 20.3. The van der Waals surface area contributed by atoms with Gasteiger partial charge < -0.3 is 0 Å². The molecule has 192 valence electrons. The van der Waals surface area contributed by atoms with Crippen LogP contribution in [-0.4, -0.2) is 19.9 Å². The van der Waals surface area contributed by atoms with Crippen molar-refractivity contribution >= 4 is 42.4 Å². The highest BCUT2D eigenvalue weighted by molar-refractivity contribution is 7.25. The van der Waals surface area contributed by atoms with Crippen LogP contribution in [0.4, 0.5) is 0 Å². The van der Waals surface area contributed by atoms with Crippen LogP contribution in [0.25, 0.3) is 76.4 Å². The zero-order valence-electron chi connectivity index (χ0n) is 21.9. The quantitative estimate of drug-likeness (QED) is 0.222. The molecule has 0 radical (unpaired) electrons. The number of benzene rings is 5. The predicted molar refractivity (Wildman–Crippen MR) is 170 cm³/mol. The molecule has 0 fully saturated rings. The summed E-state index contributed by atoms with van der Waals surface area (Å²) in [4.78, 5) is 19.8. The molecular formula is C36H22N4S. The second-order valence-electron chi connectivity index (χ2n) is 9.95. The minimum absolute atomic E-state index is 0.604. The number of hydrogen-bond acceptors (Lipinski definition) is 5. The fraction of sp³-hybridized carbons (Fsp3) is 0. The van der Waals surface area contributed by atoms with Gasteiger partial charge in [0.15, 0.2) is 17.5 Å². The van der Waals surface area contributed by atoms with Crippen LogP contribution in [-0.2, 0) is 0 Å². The third kappa shape index (κ3) is 4.24. The zero-order valence-corrected chi connectivity index (χ0v) is 22.7. The Kier molecular flexibility index (Phi) is 5.61. The third-order valence-electron chi connectivity index (χ3n) is 7.36. The zero-order chi connectivity index (χ0) is 27.2. The summed E-state index contributed by atoms with van der Waals surface area (Å²) in [5.74, 6) is 1.90. The smallest absolute Gasteiger partial charge is 0.165 e. The summed E-state index contributed by atoms with van der Waals surface area (Å²) in [5.41, 5.74) is 6.05. The lowest BCUT2D eigenvalue weighted by atomic mass is 10.0. The maximum Gasteiger partial charge on any atom is 0.165 e. The molecule has 3 heterocycles. The Morgan fingerprint density at radius 1 is 0.463 bits per heavy atom. The first kappa shape index (κ1) is 23.6. The Morgan fingerprint density at radius 2 is 1.15 bits per heavy atom. The third-order valence-corrected chi connectivity index (χ3v) is 8.50. The number of fused-ring (bicyclic) bond motifs is 4. The molecule has 4 nitrogen and oxygen atoms in total. The molecular weight excluding hydrogens is 520 g/mol. The van der Waals surface area contributed by atoms with E-state index in [1.807, 2.05) is 42.6 Å². The van der Waals surface area contributed by atoms with Crippen LogP contribution in [0, 0.1) is 0 Å². The van der Waals surface area contributed by atoms with Crippen LogP contribution in [0.3, 0.4) is 0 Å². The average Bonchev–Trinajstić information content (AvgIpc) is 3.44. The molecule has 0 aliphatic heterocycles. The second-order valence-corrected chi connectivity index (χ2v) is 11.0. The minimum atomic E-state index is 0.604. The van der Waals surface area contributed by atoms with Crippen molar-refractivity contribution in [3.63, 3.8) is 0 Å². The SMILES string of the molecule is c1ccc(-c2ccc3cc(-c4nc(-c5ccccc5)nc(-c5cccc6sc7ccccc7c56)n4)cnc3c2)cc1. The van der Waals surface area contributed by atoms with Crippen molar-refractivity contribution in [3.05, 3.63) is 134 Å². The van der Waals surface area contributed by atoms with E-state index in [2.05, 4.69) is 91.0 Å². The van der Waals surface area contributed by atoms with Gasteiger partial charge in [-0.2, -0.15) is 0 Å². The van der Waals surface area contributed by atoms with Crippen molar-refractivity contribution in [1.82, 2.24) is 19.9 Å². The van der Waals surface area contributed by atoms with Crippen LogP contribution >= 0.6 is 11.3 Å². The van der Waals surface area contributed by atoms with Gasteiger partial charge in [0.1, 0.15) is 0 Å². The lowest BCUT2D eigenvalue weighted by Crippen LogP contribution is -2.00. The molecule has 0 unspecified atom stereocenters. The van der Waals surface area contributed by atoms with E-state index in [1.54, 1.807) is 11.3 Å². The van der Waals surface area contributed by atoms with Crippen molar-refractivity contribution in [2.75, 3.05) is 0 Å². The number of thiophene rings is 1. The molecule has 0 amide bonds. The summed E-state index contributed by atoms with van der Waals surface area (Å²) in [5, 5.41) is 3.43. The van der Waals surface area contributed by atoms with E-state index in [0.717, 1.165) is 33.2 Å². The maximum atomic E-state index is 5.05. The fourth-order valence-electron chi connectivity index (χ4n) is 5.36. The summed E-state index contributed by atoms with van der Waals surface area (Å²) >= 11 is 1.79. The van der Waals surface area contributed by atoms with Gasteiger partial charge >= 0.3 is 0 Å². The number of rotatable bonds is 4. The van der Waals surface area contributed by atoms with Gasteiger partial charge in [0.05, 0.1) is 5.52 Å². The van der Waals surface area contributed by atoms with Crippen LogP contribution in [0.2, 0.25) is 0 Å². The van der Waals surface area contributed by atoms with Crippen molar-refractivity contribution in [2.24, 2.45) is 0 Å². The molecule has 5 heteroatoms. The Balaban J connectivity index is 1.31. The van der Waals surface area contributed by atoms with Gasteiger partial charge in [0.2, 0.25) is 0 Å². The lowest BCUT2D eigenvalue weighted by Gasteiger charge is -2.10. The highest BCUT2D eigenvalue weighted by Crippen LogP contribution is 2.39. The van der Waals surface area contributed by atoms with Crippen LogP contribution < -0.4 is 0 Å². The molecule has 0 N–H and O–H groups in total. The number of hydrogen-bond donors (Lipinski definition) is 0. The van der Waals surface area contributed by atoms with Gasteiger partial charge in [0.25, 0.3) is 0 Å². The van der Waals surface area contributed by atoms with E-state index in [0.29, 0.717) is 17.5 Å². The Bertz CT molecular complexity index is 2210. The molecule has 41 heavy (non-hydrogen) atoms. The highest BCUT2D eigenvalue weighted by Gasteiger charge is 2.17. The first-order valence-electron chi connectivity index (χ1n) is 13.5. The minimum Gasteiger partial charge on any atom is -0.255 e. The molecule has 0 spiro atoms.